The van der Waals surface area contributed by atoms with E-state index >= 15 is 0 Å². The Labute approximate surface area is 229 Å². The molecule has 0 unspecified atom stereocenters. The van der Waals surface area contributed by atoms with E-state index in [1.54, 1.807) is 44.6 Å². The van der Waals surface area contributed by atoms with E-state index in [-0.39, 0.29) is 5.88 Å². The van der Waals surface area contributed by atoms with Crippen molar-refractivity contribution in [2.45, 2.75) is 0 Å². The zero-order valence-corrected chi connectivity index (χ0v) is 21.9. The van der Waals surface area contributed by atoms with Crippen LogP contribution in [0.15, 0.2) is 92.7 Å². The number of furan rings is 2. The van der Waals surface area contributed by atoms with Gasteiger partial charge in [-0.25, -0.2) is 4.99 Å². The number of aliphatic imine (C=N–C) groups is 1. The molecule has 5 rings (SSSR count). The molecular weight excluding hydrogens is 523 g/mol. The summed E-state index contributed by atoms with van der Waals surface area (Å²) in [5, 5.41) is 11.1. The van der Waals surface area contributed by atoms with Gasteiger partial charge in [0, 0.05) is 21.7 Å². The van der Waals surface area contributed by atoms with Gasteiger partial charge in [0.2, 0.25) is 5.88 Å². The van der Waals surface area contributed by atoms with Gasteiger partial charge >= 0.3 is 0 Å². The summed E-state index contributed by atoms with van der Waals surface area (Å²) in [5.41, 5.74) is 3.18. The van der Waals surface area contributed by atoms with Gasteiger partial charge in [0.1, 0.15) is 40.4 Å². The predicted molar refractivity (Wildman–Crippen MR) is 149 cm³/mol. The fourth-order valence-corrected chi connectivity index (χ4v) is 4.47. The van der Waals surface area contributed by atoms with Gasteiger partial charge in [-0.3, -0.25) is 0 Å². The highest BCUT2D eigenvalue weighted by atomic mass is 35.5. The molecule has 3 aromatic carbocycles. The maximum Gasteiger partial charge on any atom is 0.238 e. The van der Waals surface area contributed by atoms with Crippen molar-refractivity contribution in [2.24, 2.45) is 4.99 Å². The van der Waals surface area contributed by atoms with Gasteiger partial charge in [-0.15, -0.1) is 0 Å². The van der Waals surface area contributed by atoms with E-state index in [1.165, 1.54) is 6.21 Å². The lowest BCUT2D eigenvalue weighted by Gasteiger charge is -2.06. The molecule has 2 heterocycles. The van der Waals surface area contributed by atoms with Crippen LogP contribution in [-0.2, 0) is 0 Å². The predicted octanol–water partition coefficient (Wildman–Crippen LogP) is 8.82. The third-order valence-electron chi connectivity index (χ3n) is 5.86. The Morgan fingerprint density at radius 1 is 0.816 bits per heavy atom. The number of nitrogens with zero attached hydrogens (tertiary/aromatic N) is 2. The summed E-state index contributed by atoms with van der Waals surface area (Å²) >= 11 is 12.3. The van der Waals surface area contributed by atoms with E-state index in [0.717, 1.165) is 11.1 Å². The molecular formula is C30H20Cl2N2O4. The molecule has 38 heavy (non-hydrogen) atoms. The van der Waals surface area contributed by atoms with Crippen LogP contribution in [0.2, 0.25) is 10.0 Å². The zero-order valence-electron chi connectivity index (χ0n) is 20.4. The second-order valence-electron chi connectivity index (χ2n) is 8.14. The van der Waals surface area contributed by atoms with Crippen molar-refractivity contribution in [3.05, 3.63) is 100 Å². The van der Waals surface area contributed by atoms with E-state index < -0.39 is 0 Å². The highest BCUT2D eigenvalue weighted by Crippen LogP contribution is 2.43. The normalized spacial score (nSPS) is 11.0. The molecule has 0 aliphatic carbocycles. The molecule has 0 saturated heterocycles. The molecule has 8 heteroatoms. The third kappa shape index (κ3) is 5.03. The van der Waals surface area contributed by atoms with E-state index in [4.69, 9.17) is 41.5 Å². The molecule has 0 N–H and O–H groups in total. The van der Waals surface area contributed by atoms with E-state index in [1.807, 2.05) is 48.5 Å². The number of nitriles is 1. The number of methoxy groups -OCH3 is 2. The Hall–Kier alpha value is -4.44. The summed E-state index contributed by atoms with van der Waals surface area (Å²) in [4.78, 5) is 4.48. The van der Waals surface area contributed by atoms with Crippen LogP contribution in [0.3, 0.4) is 0 Å². The second-order valence-corrected chi connectivity index (χ2v) is 8.98. The average Bonchev–Trinajstić information content (AvgIpc) is 3.56. The number of hydrogen-bond donors (Lipinski definition) is 0. The van der Waals surface area contributed by atoms with Gasteiger partial charge in [-0.1, -0.05) is 35.3 Å². The van der Waals surface area contributed by atoms with Crippen LogP contribution in [0.5, 0.6) is 11.5 Å². The number of hydrogen-bond acceptors (Lipinski definition) is 6. The second kappa shape index (κ2) is 10.9. The van der Waals surface area contributed by atoms with Crippen molar-refractivity contribution in [3.8, 4) is 51.3 Å². The van der Waals surface area contributed by atoms with Crippen molar-refractivity contribution >= 4 is 35.3 Å². The topological polar surface area (TPSA) is 80.9 Å². The Bertz CT molecular complexity index is 1660. The molecule has 2 aromatic heterocycles. The van der Waals surface area contributed by atoms with Gasteiger partial charge in [0.05, 0.1) is 25.5 Å². The fraction of sp³-hybridized carbons (Fsp3) is 0.0667. The van der Waals surface area contributed by atoms with Crippen LogP contribution in [0.25, 0.3) is 33.8 Å². The molecule has 0 aliphatic heterocycles. The van der Waals surface area contributed by atoms with E-state index in [0.29, 0.717) is 55.5 Å². The Morgan fingerprint density at radius 3 is 2.08 bits per heavy atom. The van der Waals surface area contributed by atoms with Gasteiger partial charge in [-0.2, -0.15) is 5.26 Å². The van der Waals surface area contributed by atoms with Crippen LogP contribution >= 0.6 is 23.2 Å². The first-order valence-electron chi connectivity index (χ1n) is 11.5. The number of ether oxygens (including phenoxy) is 2. The number of benzene rings is 3. The number of halogens is 2. The highest BCUT2D eigenvalue weighted by Gasteiger charge is 2.23. The van der Waals surface area contributed by atoms with Crippen molar-refractivity contribution in [1.29, 1.82) is 5.26 Å². The lowest BCUT2D eigenvalue weighted by molar-refractivity contribution is 0.414. The summed E-state index contributed by atoms with van der Waals surface area (Å²) in [6.45, 7) is 0. The summed E-state index contributed by atoms with van der Waals surface area (Å²) in [5.74, 6) is 3.10. The van der Waals surface area contributed by atoms with Crippen molar-refractivity contribution in [1.82, 2.24) is 0 Å². The minimum atomic E-state index is 0.159. The highest BCUT2D eigenvalue weighted by molar-refractivity contribution is 6.36. The third-order valence-corrected chi connectivity index (χ3v) is 6.41. The molecule has 0 aliphatic rings. The van der Waals surface area contributed by atoms with Gasteiger partial charge in [-0.05, 0) is 72.3 Å². The quantitative estimate of drug-likeness (QED) is 0.192. The minimum Gasteiger partial charge on any atom is -0.497 e. The fourth-order valence-electron chi connectivity index (χ4n) is 3.97. The van der Waals surface area contributed by atoms with Crippen LogP contribution in [0, 0.1) is 11.3 Å². The first-order valence-corrected chi connectivity index (χ1v) is 12.2. The lowest BCUT2D eigenvalue weighted by Crippen LogP contribution is -1.86. The summed E-state index contributed by atoms with van der Waals surface area (Å²) in [7, 11) is 3.20. The van der Waals surface area contributed by atoms with Crippen molar-refractivity contribution in [3.63, 3.8) is 0 Å². The zero-order chi connectivity index (χ0) is 26.6. The van der Waals surface area contributed by atoms with Crippen LogP contribution in [0.4, 0.5) is 5.88 Å². The molecule has 6 nitrogen and oxygen atoms in total. The molecule has 0 spiro atoms. The van der Waals surface area contributed by atoms with Crippen LogP contribution < -0.4 is 9.47 Å². The van der Waals surface area contributed by atoms with Crippen molar-refractivity contribution < 1.29 is 18.3 Å². The maximum absolute atomic E-state index is 10.1. The average molecular weight is 543 g/mol. The van der Waals surface area contributed by atoms with Gasteiger partial charge in [0.15, 0.2) is 0 Å². The van der Waals surface area contributed by atoms with Crippen LogP contribution in [0.1, 0.15) is 11.3 Å². The maximum atomic E-state index is 10.1. The largest absolute Gasteiger partial charge is 0.497 e. The first-order chi connectivity index (χ1) is 18.5. The van der Waals surface area contributed by atoms with Gasteiger partial charge in [0.25, 0.3) is 0 Å². The molecule has 0 atom stereocenters. The standard InChI is InChI=1S/C30H20Cl2N2O4/c1-35-21-8-3-18(4-9-21)28-25(16-33)30(38-29(28)19-5-10-22(36-2)11-6-19)34-17-23-12-14-27(37-23)24-13-7-20(31)15-26(24)32/h3-15,17H,1-2H3/b34-17+. The molecule has 0 saturated carbocycles. The first kappa shape index (κ1) is 25.2. The molecule has 0 bridgehead atoms. The Balaban J connectivity index is 1.56. The summed E-state index contributed by atoms with van der Waals surface area (Å²) in [6.07, 6.45) is 1.50. The molecule has 0 fully saturated rings. The van der Waals surface area contributed by atoms with Crippen LogP contribution in [-0.4, -0.2) is 20.4 Å². The van der Waals surface area contributed by atoms with E-state index in [2.05, 4.69) is 11.1 Å². The minimum absolute atomic E-state index is 0.159. The number of rotatable bonds is 7. The Morgan fingerprint density at radius 2 is 1.47 bits per heavy atom. The Kier molecular flexibility index (Phi) is 7.23. The van der Waals surface area contributed by atoms with Crippen molar-refractivity contribution in [2.75, 3.05) is 14.2 Å². The smallest absolute Gasteiger partial charge is 0.238 e. The van der Waals surface area contributed by atoms with Gasteiger partial charge < -0.3 is 18.3 Å². The lowest BCUT2D eigenvalue weighted by atomic mass is 9.98. The molecule has 0 amide bonds. The summed E-state index contributed by atoms with van der Waals surface area (Å²) in [6, 6.07) is 25.8. The SMILES string of the molecule is COc1ccc(-c2oc(/N=C/c3ccc(-c4ccc(Cl)cc4Cl)o3)c(C#N)c2-c2ccc(OC)cc2)cc1. The summed E-state index contributed by atoms with van der Waals surface area (Å²) < 4.78 is 22.7. The molecule has 188 valence electrons. The molecule has 5 aromatic rings. The monoisotopic (exact) mass is 542 g/mol. The molecule has 0 radical (unpaired) electrons. The van der Waals surface area contributed by atoms with E-state index in [9.17, 15) is 5.26 Å².